The summed E-state index contributed by atoms with van der Waals surface area (Å²) >= 11 is 0. The second-order valence-electron chi connectivity index (χ2n) is 14.5. The fourth-order valence-electron chi connectivity index (χ4n) is 10.6. The molecule has 11 atom stereocenters. The van der Waals surface area contributed by atoms with Gasteiger partial charge in [-0.2, -0.15) is 0 Å². The summed E-state index contributed by atoms with van der Waals surface area (Å²) in [7, 11) is 1.42. The first-order valence-electron chi connectivity index (χ1n) is 15.7. The molecule has 0 aliphatic heterocycles. The molecule has 0 bridgehead atoms. The normalized spacial score (nSPS) is 44.4. The Hall–Kier alpha value is -1.65. The van der Waals surface area contributed by atoms with E-state index in [0.29, 0.717) is 41.1 Å². The number of fused-ring (bicyclic) bond motifs is 5. The van der Waals surface area contributed by atoms with Crippen LogP contribution in [0.1, 0.15) is 108 Å². The van der Waals surface area contributed by atoms with Crippen LogP contribution in [-0.2, 0) is 4.74 Å². The quantitative estimate of drug-likeness (QED) is 0.369. The monoisotopic (exact) mass is 536 g/mol. The second-order valence-corrected chi connectivity index (χ2v) is 14.5. The molecule has 0 radical (unpaired) electrons. The molecular weight excluding hydrogens is 484 g/mol. The molecule has 4 nitrogen and oxygen atoms in total. The molecule has 1 aromatic carbocycles. The van der Waals surface area contributed by atoms with Gasteiger partial charge in [0.05, 0.1) is 24.9 Å². The van der Waals surface area contributed by atoms with Crippen LogP contribution < -0.4 is 0 Å². The molecule has 2 N–H and O–H groups in total. The summed E-state index contributed by atoms with van der Waals surface area (Å²) in [4.78, 5) is 11.9. The first-order chi connectivity index (χ1) is 18.5. The van der Waals surface area contributed by atoms with Gasteiger partial charge in [-0.1, -0.05) is 65.3 Å². The van der Waals surface area contributed by atoms with Crippen molar-refractivity contribution < 1.29 is 19.7 Å². The largest absolute Gasteiger partial charge is 0.465 e. The zero-order valence-corrected chi connectivity index (χ0v) is 25.2. The van der Waals surface area contributed by atoms with E-state index in [1.165, 1.54) is 32.8 Å². The molecule has 4 saturated carbocycles. The van der Waals surface area contributed by atoms with E-state index in [0.717, 1.165) is 37.7 Å². The molecule has 4 aliphatic carbocycles. The highest BCUT2D eigenvalue weighted by Gasteiger charge is 2.67. The zero-order valence-electron chi connectivity index (χ0n) is 25.2. The number of rotatable bonds is 6. The number of carbonyl (C=O) groups excluding carboxylic acids is 1. The van der Waals surface area contributed by atoms with E-state index in [2.05, 4.69) is 46.8 Å². The van der Waals surface area contributed by atoms with Crippen LogP contribution in [0.2, 0.25) is 0 Å². The van der Waals surface area contributed by atoms with Crippen molar-refractivity contribution in [3.8, 4) is 0 Å². The first kappa shape index (κ1) is 28.9. The van der Waals surface area contributed by atoms with Gasteiger partial charge >= 0.3 is 5.97 Å². The van der Waals surface area contributed by atoms with Gasteiger partial charge in [-0.15, -0.1) is 0 Å². The van der Waals surface area contributed by atoms with E-state index in [-0.39, 0.29) is 34.4 Å². The van der Waals surface area contributed by atoms with E-state index in [1.54, 1.807) is 6.07 Å². The smallest absolute Gasteiger partial charge is 0.337 e. The average Bonchev–Trinajstić information content (AvgIpc) is 3.21. The van der Waals surface area contributed by atoms with Gasteiger partial charge in [0.2, 0.25) is 0 Å². The Labute approximate surface area is 236 Å². The average molecular weight is 537 g/mol. The molecule has 1 aromatic rings. The topological polar surface area (TPSA) is 66.8 Å². The summed E-state index contributed by atoms with van der Waals surface area (Å²) in [6.45, 7) is 12.3. The number of aliphatic hydroxyl groups is 2. The summed E-state index contributed by atoms with van der Waals surface area (Å²) in [6.07, 6.45) is 13.8. The highest BCUT2D eigenvalue weighted by molar-refractivity contribution is 5.89. The molecule has 0 amide bonds. The van der Waals surface area contributed by atoms with Crippen molar-refractivity contribution in [3.63, 3.8) is 0 Å². The van der Waals surface area contributed by atoms with Crippen LogP contribution in [0.15, 0.2) is 30.3 Å². The molecule has 0 spiro atoms. The number of aliphatic hydroxyl groups excluding tert-OH is 2. The summed E-state index contributed by atoms with van der Waals surface area (Å²) in [5.41, 5.74) is 2.31. The number of esters is 1. The summed E-state index contributed by atoms with van der Waals surface area (Å²) in [6, 6.07) is 7.64. The lowest BCUT2D eigenvalue weighted by molar-refractivity contribution is -0.209. The number of methoxy groups -OCH3 is 1. The molecule has 4 fully saturated rings. The van der Waals surface area contributed by atoms with Crippen molar-refractivity contribution >= 4 is 12.0 Å². The molecule has 0 heterocycles. The van der Waals surface area contributed by atoms with Crippen molar-refractivity contribution in [1.82, 2.24) is 0 Å². The maximum atomic E-state index is 12.0. The summed E-state index contributed by atoms with van der Waals surface area (Å²) < 4.78 is 4.88. The minimum Gasteiger partial charge on any atom is -0.465 e. The van der Waals surface area contributed by atoms with Gasteiger partial charge in [0.15, 0.2) is 0 Å². The number of ether oxygens (including phenoxy) is 1. The third kappa shape index (κ3) is 4.53. The zero-order chi connectivity index (χ0) is 28.2. The lowest BCUT2D eigenvalue weighted by atomic mass is 9.40. The van der Waals surface area contributed by atoms with Crippen LogP contribution >= 0.6 is 0 Å². The molecule has 39 heavy (non-hydrogen) atoms. The van der Waals surface area contributed by atoms with Crippen LogP contribution in [0.3, 0.4) is 0 Å². The number of hydrogen-bond acceptors (Lipinski definition) is 4. The maximum Gasteiger partial charge on any atom is 0.337 e. The predicted octanol–water partition coefficient (Wildman–Crippen LogP) is 7.53. The third-order valence-electron chi connectivity index (χ3n) is 13.3. The molecule has 0 saturated heterocycles. The highest BCUT2D eigenvalue weighted by atomic mass is 16.5. The Bertz CT molecular complexity index is 1080. The van der Waals surface area contributed by atoms with Crippen LogP contribution in [0.25, 0.3) is 6.08 Å². The molecule has 5 unspecified atom stereocenters. The molecule has 4 aliphatic rings. The van der Waals surface area contributed by atoms with Crippen molar-refractivity contribution in [1.29, 1.82) is 0 Å². The Balaban J connectivity index is 1.35. The summed E-state index contributed by atoms with van der Waals surface area (Å²) in [5, 5.41) is 22.6. The van der Waals surface area contributed by atoms with Crippen molar-refractivity contribution in [2.45, 2.75) is 105 Å². The molecule has 5 rings (SSSR count). The Morgan fingerprint density at radius 3 is 2.54 bits per heavy atom. The van der Waals surface area contributed by atoms with Gasteiger partial charge in [-0.25, -0.2) is 4.79 Å². The minimum absolute atomic E-state index is 0.193. The van der Waals surface area contributed by atoms with E-state index >= 15 is 0 Å². The van der Waals surface area contributed by atoms with E-state index in [1.807, 2.05) is 18.2 Å². The molecule has 216 valence electrons. The number of allylic oxidation sites excluding steroid dienone is 1. The Kier molecular flexibility index (Phi) is 7.87. The van der Waals surface area contributed by atoms with Crippen LogP contribution in [-0.4, -0.2) is 35.5 Å². The van der Waals surface area contributed by atoms with Crippen molar-refractivity contribution in [2.75, 3.05) is 7.11 Å². The van der Waals surface area contributed by atoms with Gasteiger partial charge in [0.1, 0.15) is 0 Å². The summed E-state index contributed by atoms with van der Waals surface area (Å²) in [5.74, 6) is 2.51. The van der Waals surface area contributed by atoms with Gasteiger partial charge in [0, 0.05) is 0 Å². The molecule has 0 aromatic heterocycles. The highest BCUT2D eigenvalue weighted by Crippen LogP contribution is 2.72. The van der Waals surface area contributed by atoms with Gasteiger partial charge in [0.25, 0.3) is 0 Å². The van der Waals surface area contributed by atoms with Gasteiger partial charge < -0.3 is 14.9 Å². The SMILES string of the molecule is CC[C@@H]1C2C[C@H](O)CC[C@]2(C)C2CC[C@@]3(C)C(CCC3(C)[C@H](C)C/C=C/c3cccc(C(=O)OC)c3)C2[C@@H]1O. The second kappa shape index (κ2) is 10.6. The van der Waals surface area contributed by atoms with Crippen LogP contribution in [0, 0.1) is 51.8 Å². The molecular formula is C35H52O4. The first-order valence-corrected chi connectivity index (χ1v) is 15.7. The van der Waals surface area contributed by atoms with Crippen molar-refractivity contribution in [3.05, 3.63) is 41.5 Å². The number of hydrogen-bond donors (Lipinski definition) is 2. The standard InChI is InChI=1S/C35H52O4/c1-7-26-29-21-25(36)14-17-33(29,3)27-15-19-35(5)28(30(27)31(26)37)16-18-34(35,4)22(2)10-8-11-23-12-9-13-24(20-23)32(38)39-6/h8-9,11-13,20,22,25-31,36-37H,7,10,14-19,21H2,1-6H3/b11-8+/t22-,25-,26-,27?,28?,29?,30?,31-,33-,34?,35+/m1/s1. The predicted molar refractivity (Wildman–Crippen MR) is 157 cm³/mol. The van der Waals surface area contributed by atoms with E-state index < -0.39 is 0 Å². The fourth-order valence-corrected chi connectivity index (χ4v) is 10.6. The number of benzene rings is 1. The lowest BCUT2D eigenvalue weighted by Gasteiger charge is -2.65. The minimum atomic E-state index is -0.300. The Morgan fingerprint density at radius 2 is 1.82 bits per heavy atom. The number of carbonyl (C=O) groups is 1. The molecule has 4 heteroatoms. The van der Waals surface area contributed by atoms with Gasteiger partial charge in [-0.05, 0) is 121 Å². The maximum absolute atomic E-state index is 12.0. The van der Waals surface area contributed by atoms with Crippen LogP contribution in [0.4, 0.5) is 0 Å². The fraction of sp³-hybridized carbons (Fsp3) is 0.743. The van der Waals surface area contributed by atoms with Crippen molar-refractivity contribution in [2.24, 2.45) is 51.8 Å². The van der Waals surface area contributed by atoms with E-state index in [4.69, 9.17) is 4.74 Å². The van der Waals surface area contributed by atoms with Crippen LogP contribution in [0.5, 0.6) is 0 Å². The third-order valence-corrected chi connectivity index (χ3v) is 13.3. The van der Waals surface area contributed by atoms with E-state index in [9.17, 15) is 15.0 Å². The Morgan fingerprint density at radius 1 is 1.08 bits per heavy atom. The van der Waals surface area contributed by atoms with Gasteiger partial charge in [-0.3, -0.25) is 0 Å². The lowest BCUT2D eigenvalue weighted by Crippen LogP contribution is -2.62.